The van der Waals surface area contributed by atoms with Crippen LogP contribution >= 0.6 is 24.4 Å². The molecule has 0 heterocycles. The summed E-state index contributed by atoms with van der Waals surface area (Å²) in [5.41, 5.74) is 10.9. The SMILES string of the molecule is CCCNC(=S)NN=C(C)C=NNC(N)=S. The number of nitrogens with one attached hydrogen (secondary N) is 3. The fourth-order valence-corrected chi connectivity index (χ4v) is 0.836. The molecule has 0 saturated carbocycles. The van der Waals surface area contributed by atoms with E-state index in [1.165, 1.54) is 6.21 Å². The zero-order valence-electron chi connectivity index (χ0n) is 9.28. The number of nitrogens with zero attached hydrogens (tertiary/aromatic N) is 2. The molecule has 0 aromatic carbocycles. The van der Waals surface area contributed by atoms with Gasteiger partial charge >= 0.3 is 0 Å². The Morgan fingerprint density at radius 1 is 1.38 bits per heavy atom. The van der Waals surface area contributed by atoms with Gasteiger partial charge in [0.15, 0.2) is 10.2 Å². The van der Waals surface area contributed by atoms with E-state index in [2.05, 4.69) is 45.5 Å². The van der Waals surface area contributed by atoms with Crippen LogP contribution in [0.3, 0.4) is 0 Å². The fraction of sp³-hybridized carbons (Fsp3) is 0.500. The number of nitrogens with two attached hydrogens (primary N) is 1. The van der Waals surface area contributed by atoms with E-state index in [-0.39, 0.29) is 5.11 Å². The molecule has 8 heteroatoms. The molecule has 0 saturated heterocycles. The van der Waals surface area contributed by atoms with Gasteiger partial charge in [0.1, 0.15) is 0 Å². The van der Waals surface area contributed by atoms with Crippen molar-refractivity contribution in [3.8, 4) is 0 Å². The maximum Gasteiger partial charge on any atom is 0.186 e. The number of hydrazone groups is 2. The molecule has 0 spiro atoms. The molecule has 0 aliphatic rings. The van der Waals surface area contributed by atoms with Gasteiger partial charge in [-0.3, -0.25) is 10.9 Å². The number of hydrogen-bond donors (Lipinski definition) is 4. The molecule has 6 nitrogen and oxygen atoms in total. The Kier molecular flexibility index (Phi) is 8.26. The first-order chi connectivity index (χ1) is 7.56. The Morgan fingerprint density at radius 3 is 2.62 bits per heavy atom. The van der Waals surface area contributed by atoms with Crippen molar-refractivity contribution in [2.24, 2.45) is 15.9 Å². The molecule has 0 fully saturated rings. The fourth-order valence-electron chi connectivity index (χ4n) is 0.635. The van der Waals surface area contributed by atoms with Gasteiger partial charge in [-0.1, -0.05) is 6.92 Å². The van der Waals surface area contributed by atoms with Crippen molar-refractivity contribution < 1.29 is 0 Å². The van der Waals surface area contributed by atoms with E-state index >= 15 is 0 Å². The van der Waals surface area contributed by atoms with Crippen LogP contribution in [0.4, 0.5) is 0 Å². The van der Waals surface area contributed by atoms with E-state index in [0.717, 1.165) is 13.0 Å². The van der Waals surface area contributed by atoms with Crippen LogP contribution in [-0.4, -0.2) is 28.7 Å². The maximum atomic E-state index is 5.18. The first kappa shape index (κ1) is 14.7. The molecule has 0 aromatic rings. The van der Waals surface area contributed by atoms with Gasteiger partial charge in [-0.15, -0.1) is 0 Å². The highest BCUT2D eigenvalue weighted by atomic mass is 32.1. The molecule has 0 aliphatic heterocycles. The topological polar surface area (TPSA) is 86.8 Å². The third-order valence-corrected chi connectivity index (χ3v) is 1.62. The third-order valence-electron chi connectivity index (χ3n) is 1.30. The lowest BCUT2D eigenvalue weighted by Crippen LogP contribution is -2.33. The van der Waals surface area contributed by atoms with Gasteiger partial charge in [-0.2, -0.15) is 10.2 Å². The zero-order valence-corrected chi connectivity index (χ0v) is 10.9. The van der Waals surface area contributed by atoms with Gasteiger partial charge in [0.05, 0.1) is 11.9 Å². The Bertz CT molecular complexity index is 299. The summed E-state index contributed by atoms with van der Waals surface area (Å²) >= 11 is 9.53. The van der Waals surface area contributed by atoms with Crippen LogP contribution < -0.4 is 21.9 Å². The Hall–Kier alpha value is -1.28. The summed E-state index contributed by atoms with van der Waals surface area (Å²) in [7, 11) is 0. The van der Waals surface area contributed by atoms with Gasteiger partial charge in [0.2, 0.25) is 0 Å². The molecule has 0 amide bonds. The highest BCUT2D eigenvalue weighted by Gasteiger charge is 1.91. The van der Waals surface area contributed by atoms with E-state index in [0.29, 0.717) is 10.8 Å². The molecule has 0 aromatic heterocycles. The third kappa shape index (κ3) is 9.28. The molecule has 16 heavy (non-hydrogen) atoms. The van der Waals surface area contributed by atoms with E-state index in [1.54, 1.807) is 6.92 Å². The van der Waals surface area contributed by atoms with Crippen molar-refractivity contribution in [2.45, 2.75) is 20.3 Å². The molecule has 0 rings (SSSR count). The van der Waals surface area contributed by atoms with Crippen LogP contribution in [0.5, 0.6) is 0 Å². The Balaban J connectivity index is 3.89. The van der Waals surface area contributed by atoms with Crippen molar-refractivity contribution in [3.05, 3.63) is 0 Å². The summed E-state index contributed by atoms with van der Waals surface area (Å²) in [4.78, 5) is 0. The minimum absolute atomic E-state index is 0.108. The van der Waals surface area contributed by atoms with Crippen LogP contribution in [0.25, 0.3) is 0 Å². The second-order valence-electron chi connectivity index (χ2n) is 2.86. The second kappa shape index (κ2) is 8.98. The van der Waals surface area contributed by atoms with E-state index in [4.69, 9.17) is 18.0 Å². The van der Waals surface area contributed by atoms with Crippen LogP contribution in [0.2, 0.25) is 0 Å². The smallest absolute Gasteiger partial charge is 0.186 e. The van der Waals surface area contributed by atoms with E-state index < -0.39 is 0 Å². The Labute approximate surface area is 106 Å². The molecule has 5 N–H and O–H groups in total. The van der Waals surface area contributed by atoms with Crippen molar-refractivity contribution in [1.82, 2.24) is 16.2 Å². The molecule has 0 unspecified atom stereocenters. The lowest BCUT2D eigenvalue weighted by Gasteiger charge is -2.04. The van der Waals surface area contributed by atoms with Crippen molar-refractivity contribution in [2.75, 3.05) is 6.54 Å². The van der Waals surface area contributed by atoms with Crippen LogP contribution in [-0.2, 0) is 0 Å². The first-order valence-electron chi connectivity index (χ1n) is 4.73. The summed E-state index contributed by atoms with van der Waals surface area (Å²) in [5.74, 6) is 0. The van der Waals surface area contributed by atoms with Crippen LogP contribution in [0.15, 0.2) is 10.2 Å². The molecular formula is C8H16N6S2. The minimum Gasteiger partial charge on any atom is -0.375 e. The molecule has 0 radical (unpaired) electrons. The highest BCUT2D eigenvalue weighted by molar-refractivity contribution is 7.80. The summed E-state index contributed by atoms with van der Waals surface area (Å²) in [6, 6.07) is 0. The number of rotatable bonds is 5. The van der Waals surface area contributed by atoms with Crippen molar-refractivity contribution in [3.63, 3.8) is 0 Å². The maximum absolute atomic E-state index is 5.18. The molecule has 0 aliphatic carbocycles. The summed E-state index contributed by atoms with van der Waals surface area (Å²) in [5, 5.41) is 11.3. The average Bonchev–Trinajstić information content (AvgIpc) is 2.23. The molecule has 0 bridgehead atoms. The summed E-state index contributed by atoms with van der Waals surface area (Å²) in [6.07, 6.45) is 2.48. The molecular weight excluding hydrogens is 244 g/mol. The minimum atomic E-state index is 0.108. The lowest BCUT2D eigenvalue weighted by molar-refractivity contribution is 0.817. The monoisotopic (exact) mass is 260 g/mol. The molecule has 90 valence electrons. The standard InChI is InChI=1S/C8H16N6S2/c1-3-4-10-8(16)14-12-6(2)5-11-13-7(9)15/h5H,3-4H2,1-2H3,(H3,9,13,15)(H2,10,14,16). The Morgan fingerprint density at radius 2 is 2.06 bits per heavy atom. The van der Waals surface area contributed by atoms with Crippen molar-refractivity contribution in [1.29, 1.82) is 0 Å². The van der Waals surface area contributed by atoms with Crippen molar-refractivity contribution >= 4 is 46.6 Å². The largest absolute Gasteiger partial charge is 0.375 e. The van der Waals surface area contributed by atoms with Gasteiger partial charge in [-0.25, -0.2) is 0 Å². The molecule has 0 atom stereocenters. The zero-order chi connectivity index (χ0) is 12.4. The van der Waals surface area contributed by atoms with Crippen LogP contribution in [0, 0.1) is 0 Å². The summed E-state index contributed by atoms with van der Waals surface area (Å²) < 4.78 is 0. The average molecular weight is 260 g/mol. The second-order valence-corrected chi connectivity index (χ2v) is 3.70. The van der Waals surface area contributed by atoms with Gasteiger partial charge in [-0.05, 0) is 37.8 Å². The first-order valence-corrected chi connectivity index (χ1v) is 5.54. The predicted molar refractivity (Wildman–Crippen MR) is 75.5 cm³/mol. The van der Waals surface area contributed by atoms with E-state index in [1.807, 2.05) is 0 Å². The van der Waals surface area contributed by atoms with Gasteiger partial charge < -0.3 is 11.1 Å². The number of thiocarbonyl (C=S) groups is 2. The van der Waals surface area contributed by atoms with E-state index in [9.17, 15) is 0 Å². The van der Waals surface area contributed by atoms with Gasteiger partial charge in [0, 0.05) is 6.54 Å². The summed E-state index contributed by atoms with van der Waals surface area (Å²) in [6.45, 7) is 4.63. The highest BCUT2D eigenvalue weighted by Crippen LogP contribution is 1.74. The van der Waals surface area contributed by atoms with Gasteiger partial charge in [0.25, 0.3) is 0 Å². The predicted octanol–water partition coefficient (Wildman–Crippen LogP) is 0.0554. The quantitative estimate of drug-likeness (QED) is 0.318. The normalized spacial score (nSPS) is 11.2. The number of hydrogen-bond acceptors (Lipinski definition) is 4. The lowest BCUT2D eigenvalue weighted by atomic mass is 10.5. The van der Waals surface area contributed by atoms with Crippen LogP contribution in [0.1, 0.15) is 20.3 Å².